The van der Waals surface area contributed by atoms with Gasteiger partial charge >= 0.3 is 0 Å². The van der Waals surface area contributed by atoms with Gasteiger partial charge in [-0.15, -0.1) is 0 Å². The molecule has 4 rings (SSSR count). The molecule has 0 aliphatic heterocycles. The molecule has 0 aliphatic rings. The fourth-order valence-corrected chi connectivity index (χ4v) is 3.20. The lowest BCUT2D eigenvalue weighted by atomic mass is 10.0. The van der Waals surface area contributed by atoms with Crippen molar-refractivity contribution in [3.63, 3.8) is 0 Å². The van der Waals surface area contributed by atoms with Crippen LogP contribution in [0.5, 0.6) is 0 Å². The highest BCUT2D eigenvalue weighted by Crippen LogP contribution is 2.25. The van der Waals surface area contributed by atoms with Gasteiger partial charge in [0.05, 0.1) is 0 Å². The number of hydrogen-bond donors (Lipinski definition) is 2. The largest absolute Gasteiger partial charge is 0.438 e. The third kappa shape index (κ3) is 2.75. The van der Waals surface area contributed by atoms with Crippen LogP contribution in [0.25, 0.3) is 21.7 Å². The molecule has 0 bridgehead atoms. The molecule has 2 N–H and O–H groups in total. The van der Waals surface area contributed by atoms with Gasteiger partial charge in [0.15, 0.2) is 0 Å². The van der Waals surface area contributed by atoms with E-state index in [0.29, 0.717) is 5.58 Å². The van der Waals surface area contributed by atoms with Gasteiger partial charge in [-0.2, -0.15) is 0 Å². The van der Waals surface area contributed by atoms with Crippen LogP contribution in [0.3, 0.4) is 0 Å². The Morgan fingerprint density at radius 2 is 1.77 bits per heavy atom. The third-order valence-corrected chi connectivity index (χ3v) is 4.55. The molecule has 1 amide bonds. The van der Waals surface area contributed by atoms with E-state index in [4.69, 9.17) is 9.83 Å². The van der Waals surface area contributed by atoms with Crippen molar-refractivity contribution in [3.8, 4) is 0 Å². The summed E-state index contributed by atoms with van der Waals surface area (Å²) in [6, 6.07) is 19.3. The van der Waals surface area contributed by atoms with Crippen molar-refractivity contribution >= 4 is 33.3 Å². The maximum absolute atomic E-state index is 12.8. The summed E-state index contributed by atoms with van der Waals surface area (Å²) in [5, 5.41) is 13.9. The molecule has 4 aromatic rings. The lowest BCUT2D eigenvalue weighted by Gasteiger charge is -2.10. The molecule has 4 nitrogen and oxygen atoms in total. The lowest BCUT2D eigenvalue weighted by molar-refractivity contribution is 0.102. The second kappa shape index (κ2) is 6.15. The van der Waals surface area contributed by atoms with Crippen LogP contribution in [0, 0.1) is 19.3 Å². The van der Waals surface area contributed by atoms with Crippen LogP contribution < -0.4 is 10.9 Å². The second-order valence-electron chi connectivity index (χ2n) is 6.46. The highest BCUT2D eigenvalue weighted by atomic mass is 16.3. The van der Waals surface area contributed by atoms with Crippen molar-refractivity contribution in [1.82, 2.24) is 0 Å². The van der Waals surface area contributed by atoms with Crippen LogP contribution in [0.15, 0.2) is 65.1 Å². The van der Waals surface area contributed by atoms with Crippen molar-refractivity contribution in [1.29, 1.82) is 5.41 Å². The SMILES string of the molecule is Cc1ccc(NC(=O)c2cc3c(ccc4ccccc43)oc2=N)c(C)c1. The van der Waals surface area contributed by atoms with E-state index < -0.39 is 0 Å². The number of rotatable bonds is 2. The van der Waals surface area contributed by atoms with E-state index in [-0.39, 0.29) is 17.0 Å². The Kier molecular flexibility index (Phi) is 3.81. The zero-order chi connectivity index (χ0) is 18.3. The molecule has 26 heavy (non-hydrogen) atoms. The van der Waals surface area contributed by atoms with E-state index in [1.807, 2.05) is 68.4 Å². The quantitative estimate of drug-likeness (QED) is 0.507. The predicted octanol–water partition coefficient (Wildman–Crippen LogP) is 4.93. The molecule has 3 aromatic carbocycles. The van der Waals surface area contributed by atoms with Crippen molar-refractivity contribution < 1.29 is 9.21 Å². The van der Waals surface area contributed by atoms with Crippen LogP contribution in [-0.4, -0.2) is 5.91 Å². The molecule has 0 spiro atoms. The summed E-state index contributed by atoms with van der Waals surface area (Å²) >= 11 is 0. The zero-order valence-corrected chi connectivity index (χ0v) is 14.6. The van der Waals surface area contributed by atoms with Gasteiger partial charge in [0.25, 0.3) is 5.91 Å². The van der Waals surface area contributed by atoms with Crippen LogP contribution in [0.2, 0.25) is 0 Å². The van der Waals surface area contributed by atoms with Gasteiger partial charge in [-0.3, -0.25) is 10.2 Å². The Morgan fingerprint density at radius 3 is 2.58 bits per heavy atom. The van der Waals surface area contributed by atoms with E-state index in [1.54, 1.807) is 6.07 Å². The summed E-state index contributed by atoms with van der Waals surface area (Å²) in [6.45, 7) is 3.95. The van der Waals surface area contributed by atoms with Gasteiger partial charge in [-0.1, -0.05) is 48.0 Å². The first kappa shape index (κ1) is 16.1. The van der Waals surface area contributed by atoms with E-state index in [9.17, 15) is 4.79 Å². The van der Waals surface area contributed by atoms with Crippen molar-refractivity contribution in [2.24, 2.45) is 0 Å². The molecular weight excluding hydrogens is 324 g/mol. The Bertz CT molecular complexity index is 1220. The maximum Gasteiger partial charge on any atom is 0.261 e. The van der Waals surface area contributed by atoms with Crippen molar-refractivity contribution in [3.05, 3.63) is 82.9 Å². The molecule has 0 radical (unpaired) electrons. The zero-order valence-electron chi connectivity index (χ0n) is 14.6. The number of fused-ring (bicyclic) bond motifs is 3. The number of amides is 1. The molecule has 1 aromatic heterocycles. The minimum atomic E-state index is -0.347. The molecule has 1 heterocycles. The first-order chi connectivity index (χ1) is 12.5. The number of carbonyl (C=O) groups excluding carboxylic acids is 1. The van der Waals surface area contributed by atoms with Gasteiger partial charge in [0.1, 0.15) is 11.1 Å². The fourth-order valence-electron chi connectivity index (χ4n) is 3.20. The van der Waals surface area contributed by atoms with E-state index in [2.05, 4.69) is 5.32 Å². The minimum absolute atomic E-state index is 0.143. The number of benzene rings is 3. The number of carbonyl (C=O) groups is 1. The average Bonchev–Trinajstić information content (AvgIpc) is 2.63. The lowest BCUT2D eigenvalue weighted by Crippen LogP contribution is -2.21. The molecule has 0 aliphatic carbocycles. The molecular formula is C22H18N2O2. The standard InChI is InChI=1S/C22H18N2O2/c1-13-7-9-19(14(2)11-13)24-22(25)18-12-17-16-6-4-3-5-15(16)8-10-20(17)26-21(18)23/h3-12,23H,1-2H3,(H,24,25). The van der Waals surface area contributed by atoms with Gasteiger partial charge in [-0.25, -0.2) is 0 Å². The van der Waals surface area contributed by atoms with Gasteiger partial charge in [0, 0.05) is 11.1 Å². The molecule has 4 heteroatoms. The van der Waals surface area contributed by atoms with Crippen molar-refractivity contribution in [2.45, 2.75) is 13.8 Å². The summed E-state index contributed by atoms with van der Waals surface area (Å²) < 4.78 is 5.61. The molecule has 128 valence electrons. The fraction of sp³-hybridized carbons (Fsp3) is 0.0909. The highest BCUT2D eigenvalue weighted by Gasteiger charge is 2.14. The Labute approximate surface area is 150 Å². The molecule has 0 atom stereocenters. The molecule has 0 saturated heterocycles. The van der Waals surface area contributed by atoms with Crippen LogP contribution in [-0.2, 0) is 0 Å². The summed E-state index contributed by atoms with van der Waals surface area (Å²) in [4.78, 5) is 12.8. The first-order valence-corrected chi connectivity index (χ1v) is 8.42. The van der Waals surface area contributed by atoms with Gasteiger partial charge in [0.2, 0.25) is 5.55 Å². The minimum Gasteiger partial charge on any atom is -0.438 e. The van der Waals surface area contributed by atoms with Crippen LogP contribution >= 0.6 is 0 Å². The van der Waals surface area contributed by atoms with E-state index in [0.717, 1.165) is 33.0 Å². The molecule has 0 saturated carbocycles. The summed E-state index contributed by atoms with van der Waals surface area (Å²) in [5.74, 6) is -0.347. The topological polar surface area (TPSA) is 66.1 Å². The summed E-state index contributed by atoms with van der Waals surface area (Å²) in [7, 11) is 0. The predicted molar refractivity (Wildman–Crippen MR) is 103 cm³/mol. The Morgan fingerprint density at radius 1 is 0.962 bits per heavy atom. The second-order valence-corrected chi connectivity index (χ2v) is 6.46. The molecule has 0 fully saturated rings. The highest BCUT2D eigenvalue weighted by molar-refractivity contribution is 6.10. The van der Waals surface area contributed by atoms with E-state index in [1.165, 1.54) is 0 Å². The van der Waals surface area contributed by atoms with Gasteiger partial charge in [-0.05, 0) is 48.4 Å². The Balaban J connectivity index is 1.82. The monoisotopic (exact) mass is 342 g/mol. The van der Waals surface area contributed by atoms with E-state index >= 15 is 0 Å². The third-order valence-electron chi connectivity index (χ3n) is 4.55. The first-order valence-electron chi connectivity index (χ1n) is 8.42. The summed E-state index contributed by atoms with van der Waals surface area (Å²) in [6.07, 6.45) is 0. The van der Waals surface area contributed by atoms with Crippen LogP contribution in [0.1, 0.15) is 21.5 Å². The molecule has 0 unspecified atom stereocenters. The van der Waals surface area contributed by atoms with Gasteiger partial charge < -0.3 is 9.73 Å². The number of anilines is 1. The Hall–Kier alpha value is -3.40. The number of aryl methyl sites for hydroxylation is 2. The maximum atomic E-state index is 12.8. The van der Waals surface area contributed by atoms with Crippen LogP contribution in [0.4, 0.5) is 5.69 Å². The van der Waals surface area contributed by atoms with Crippen molar-refractivity contribution in [2.75, 3.05) is 5.32 Å². The normalized spacial score (nSPS) is 11.0. The summed E-state index contributed by atoms with van der Waals surface area (Å²) in [5.41, 5.74) is 3.51. The average molecular weight is 342 g/mol. The number of hydrogen-bond acceptors (Lipinski definition) is 3. The number of nitrogens with one attached hydrogen (secondary N) is 2. The smallest absolute Gasteiger partial charge is 0.261 e.